The Labute approximate surface area is 88.0 Å². The summed E-state index contributed by atoms with van der Waals surface area (Å²) >= 11 is 0. The Bertz CT molecular complexity index is 368. The molecule has 0 saturated carbocycles. The van der Waals surface area contributed by atoms with E-state index in [4.69, 9.17) is 4.74 Å². The number of ether oxygens (including phenoxy) is 1. The van der Waals surface area contributed by atoms with Crippen LogP contribution >= 0.6 is 0 Å². The third-order valence-corrected chi connectivity index (χ3v) is 2.73. The fraction of sp³-hybridized carbons (Fsp3) is 0.455. The average molecular weight is 207 g/mol. The fourth-order valence-corrected chi connectivity index (χ4v) is 1.46. The first kappa shape index (κ1) is 10.1. The lowest BCUT2D eigenvalue weighted by Gasteiger charge is -2.04. The van der Waals surface area contributed by atoms with Gasteiger partial charge in [0, 0.05) is 12.1 Å². The second-order valence-corrected chi connectivity index (χ2v) is 4.16. The van der Waals surface area contributed by atoms with Crippen molar-refractivity contribution in [3.63, 3.8) is 0 Å². The molecule has 80 valence electrons. The Morgan fingerprint density at radius 2 is 2.07 bits per heavy atom. The molecule has 1 fully saturated rings. The number of hydrogen-bond donors (Lipinski definition) is 0. The van der Waals surface area contributed by atoms with E-state index in [1.165, 1.54) is 0 Å². The summed E-state index contributed by atoms with van der Waals surface area (Å²) in [7, 11) is 0. The highest BCUT2D eigenvalue weighted by molar-refractivity contribution is 5.33. The minimum absolute atomic E-state index is 0.0573. The first-order valence-corrected chi connectivity index (χ1v) is 4.96. The zero-order valence-electron chi connectivity index (χ0n) is 8.60. The second kappa shape index (κ2) is 3.62. The molecule has 0 unspecified atom stereocenters. The number of non-ortho nitro benzene ring substituents is 1. The molecule has 0 aliphatic carbocycles. The lowest BCUT2D eigenvalue weighted by atomic mass is 10.0. The van der Waals surface area contributed by atoms with Gasteiger partial charge in [-0.1, -0.05) is 12.1 Å². The monoisotopic (exact) mass is 207 g/mol. The maximum Gasteiger partial charge on any atom is 0.269 e. The number of nitro benzene ring substituents is 1. The molecule has 0 bridgehead atoms. The van der Waals surface area contributed by atoms with Crippen molar-refractivity contribution in [2.24, 2.45) is 0 Å². The van der Waals surface area contributed by atoms with Crippen LogP contribution in [0.2, 0.25) is 0 Å². The summed E-state index contributed by atoms with van der Waals surface area (Å²) in [6.07, 6.45) is 1.89. The molecule has 2 rings (SSSR count). The number of benzene rings is 1. The predicted molar refractivity (Wildman–Crippen MR) is 55.8 cm³/mol. The third-order valence-electron chi connectivity index (χ3n) is 2.73. The summed E-state index contributed by atoms with van der Waals surface area (Å²) in [5.74, 6) is 0. The van der Waals surface area contributed by atoms with Gasteiger partial charge in [-0.05, 0) is 25.3 Å². The Hall–Kier alpha value is -1.42. The number of nitro groups is 1. The van der Waals surface area contributed by atoms with Gasteiger partial charge in [0.2, 0.25) is 0 Å². The molecule has 1 aliphatic rings. The van der Waals surface area contributed by atoms with Gasteiger partial charge < -0.3 is 4.74 Å². The van der Waals surface area contributed by atoms with Gasteiger partial charge in [-0.25, -0.2) is 0 Å². The molecule has 0 N–H and O–H groups in total. The Kier molecular flexibility index (Phi) is 2.44. The van der Waals surface area contributed by atoms with Crippen LogP contribution in [0.3, 0.4) is 0 Å². The molecular weight excluding hydrogens is 194 g/mol. The molecule has 1 aromatic rings. The topological polar surface area (TPSA) is 55.7 Å². The molecule has 1 heterocycles. The fourth-order valence-electron chi connectivity index (χ4n) is 1.46. The number of epoxide rings is 1. The Morgan fingerprint density at radius 1 is 1.47 bits per heavy atom. The Morgan fingerprint density at radius 3 is 2.53 bits per heavy atom. The number of nitrogens with zero attached hydrogens (tertiary/aromatic N) is 1. The molecule has 0 aromatic heterocycles. The zero-order chi connectivity index (χ0) is 10.9. The molecule has 0 amide bonds. The number of hydrogen-bond acceptors (Lipinski definition) is 3. The molecule has 0 radical (unpaired) electrons. The van der Waals surface area contributed by atoms with E-state index in [1.807, 2.05) is 12.1 Å². The van der Waals surface area contributed by atoms with Crippen molar-refractivity contribution in [3.8, 4) is 0 Å². The van der Waals surface area contributed by atoms with Gasteiger partial charge in [-0.2, -0.15) is 0 Å². The van der Waals surface area contributed by atoms with Gasteiger partial charge in [0.05, 0.1) is 17.1 Å². The van der Waals surface area contributed by atoms with Crippen LogP contribution in [0, 0.1) is 10.1 Å². The average Bonchev–Trinajstić information content (AvgIpc) is 2.95. The highest BCUT2D eigenvalue weighted by Gasteiger charge is 2.38. The van der Waals surface area contributed by atoms with Crippen LogP contribution in [0.4, 0.5) is 5.69 Å². The summed E-state index contributed by atoms with van der Waals surface area (Å²) in [5, 5.41) is 10.4. The van der Waals surface area contributed by atoms with E-state index in [0.29, 0.717) is 0 Å². The molecule has 0 spiro atoms. The highest BCUT2D eigenvalue weighted by Crippen LogP contribution is 2.31. The first-order valence-electron chi connectivity index (χ1n) is 4.96. The van der Waals surface area contributed by atoms with Crippen molar-refractivity contribution in [3.05, 3.63) is 39.9 Å². The van der Waals surface area contributed by atoms with Crippen LogP contribution < -0.4 is 0 Å². The lowest BCUT2D eigenvalue weighted by Crippen LogP contribution is -2.05. The molecule has 1 atom stereocenters. The largest absolute Gasteiger partial charge is 0.370 e. The SMILES string of the molecule is C[C@]1(CCc2ccc([N+](=O)[O-])cc2)CO1. The van der Waals surface area contributed by atoms with E-state index in [-0.39, 0.29) is 16.2 Å². The van der Waals surface area contributed by atoms with Gasteiger partial charge in [0.25, 0.3) is 5.69 Å². The normalized spacial score (nSPS) is 23.8. The summed E-state index contributed by atoms with van der Waals surface area (Å²) in [5.41, 5.74) is 1.33. The van der Waals surface area contributed by atoms with Gasteiger partial charge in [0.15, 0.2) is 0 Å². The molecule has 1 saturated heterocycles. The third kappa shape index (κ3) is 2.53. The zero-order valence-corrected chi connectivity index (χ0v) is 8.60. The van der Waals surface area contributed by atoms with Crippen LogP contribution in [0.1, 0.15) is 18.9 Å². The van der Waals surface area contributed by atoms with Gasteiger partial charge in [-0.15, -0.1) is 0 Å². The van der Waals surface area contributed by atoms with E-state index >= 15 is 0 Å². The van der Waals surface area contributed by atoms with Crippen molar-refractivity contribution < 1.29 is 9.66 Å². The second-order valence-electron chi connectivity index (χ2n) is 4.16. The van der Waals surface area contributed by atoms with E-state index in [2.05, 4.69) is 6.92 Å². The van der Waals surface area contributed by atoms with Crippen LogP contribution in [0.5, 0.6) is 0 Å². The first-order chi connectivity index (χ1) is 7.09. The standard InChI is InChI=1S/C11H13NO3/c1-11(8-15-11)7-6-9-2-4-10(5-3-9)12(13)14/h2-5H,6-8H2,1H3/t11-/m0/s1. The van der Waals surface area contributed by atoms with Gasteiger partial charge >= 0.3 is 0 Å². The predicted octanol–water partition coefficient (Wildman–Crippen LogP) is 2.32. The minimum atomic E-state index is -0.380. The highest BCUT2D eigenvalue weighted by atomic mass is 16.6. The summed E-state index contributed by atoms with van der Waals surface area (Å²) in [6.45, 7) is 2.92. The van der Waals surface area contributed by atoms with E-state index in [9.17, 15) is 10.1 Å². The summed E-state index contributed by atoms with van der Waals surface area (Å²) < 4.78 is 5.27. The van der Waals surface area contributed by atoms with Gasteiger partial charge in [0.1, 0.15) is 0 Å². The lowest BCUT2D eigenvalue weighted by molar-refractivity contribution is -0.384. The summed E-state index contributed by atoms with van der Waals surface area (Å²) in [4.78, 5) is 10.0. The Balaban J connectivity index is 1.95. The van der Waals surface area contributed by atoms with Crippen molar-refractivity contribution in [1.82, 2.24) is 0 Å². The van der Waals surface area contributed by atoms with E-state index in [0.717, 1.165) is 25.0 Å². The van der Waals surface area contributed by atoms with Crippen LogP contribution in [0.15, 0.2) is 24.3 Å². The molecule has 1 aliphatic heterocycles. The van der Waals surface area contributed by atoms with Crippen LogP contribution in [-0.2, 0) is 11.2 Å². The van der Waals surface area contributed by atoms with Crippen LogP contribution in [0.25, 0.3) is 0 Å². The maximum atomic E-state index is 10.4. The van der Waals surface area contributed by atoms with Crippen molar-refractivity contribution in [2.75, 3.05) is 6.61 Å². The van der Waals surface area contributed by atoms with E-state index < -0.39 is 0 Å². The van der Waals surface area contributed by atoms with Crippen LogP contribution in [-0.4, -0.2) is 17.1 Å². The molecule has 4 heteroatoms. The maximum absolute atomic E-state index is 10.4. The van der Waals surface area contributed by atoms with Gasteiger partial charge in [-0.3, -0.25) is 10.1 Å². The quantitative estimate of drug-likeness (QED) is 0.432. The minimum Gasteiger partial charge on any atom is -0.370 e. The smallest absolute Gasteiger partial charge is 0.269 e. The molecule has 1 aromatic carbocycles. The summed E-state index contributed by atoms with van der Waals surface area (Å²) in [6, 6.07) is 6.71. The van der Waals surface area contributed by atoms with Crippen molar-refractivity contribution in [2.45, 2.75) is 25.4 Å². The van der Waals surface area contributed by atoms with Crippen molar-refractivity contribution in [1.29, 1.82) is 0 Å². The number of rotatable bonds is 4. The van der Waals surface area contributed by atoms with Crippen molar-refractivity contribution >= 4 is 5.69 Å². The molecule has 15 heavy (non-hydrogen) atoms. The number of aryl methyl sites for hydroxylation is 1. The molecular formula is C11H13NO3. The van der Waals surface area contributed by atoms with E-state index in [1.54, 1.807) is 12.1 Å². The molecule has 4 nitrogen and oxygen atoms in total.